The van der Waals surface area contributed by atoms with Crippen LogP contribution in [0.2, 0.25) is 0 Å². The Bertz CT molecular complexity index is 571. The molecule has 0 aliphatic heterocycles. The monoisotopic (exact) mass is 242 g/mol. The van der Waals surface area contributed by atoms with E-state index >= 15 is 0 Å². The summed E-state index contributed by atoms with van der Waals surface area (Å²) in [6.07, 6.45) is 4.59. The molecule has 0 amide bonds. The van der Waals surface area contributed by atoms with Crippen LogP contribution in [0.15, 0.2) is 18.2 Å². The standard InChI is InChI=1S/C14H18N4/c1-2-13-14(15)16-17-18(13)9-10-6-7-11-4-3-5-12(11)8-10/h6-8H,2-5,9,15H2,1H3. The van der Waals surface area contributed by atoms with Gasteiger partial charge in [0.25, 0.3) is 0 Å². The molecule has 2 N–H and O–H groups in total. The Kier molecular flexibility index (Phi) is 2.78. The van der Waals surface area contributed by atoms with Crippen LogP contribution in [0.1, 0.15) is 35.7 Å². The van der Waals surface area contributed by atoms with E-state index in [0.717, 1.165) is 18.7 Å². The van der Waals surface area contributed by atoms with E-state index in [0.29, 0.717) is 5.82 Å². The minimum Gasteiger partial charge on any atom is -0.381 e. The molecule has 18 heavy (non-hydrogen) atoms. The zero-order valence-electron chi connectivity index (χ0n) is 10.7. The fourth-order valence-electron chi connectivity index (χ4n) is 2.73. The van der Waals surface area contributed by atoms with Crippen LogP contribution in [0, 0.1) is 0 Å². The Morgan fingerprint density at radius 3 is 2.94 bits per heavy atom. The lowest BCUT2D eigenvalue weighted by Crippen LogP contribution is -2.07. The second kappa shape index (κ2) is 4.44. The predicted octanol–water partition coefficient (Wildman–Crippen LogP) is 1.96. The fraction of sp³-hybridized carbons (Fsp3) is 0.429. The first-order chi connectivity index (χ1) is 8.78. The Morgan fingerprint density at radius 2 is 2.11 bits per heavy atom. The summed E-state index contributed by atoms with van der Waals surface area (Å²) >= 11 is 0. The minimum atomic E-state index is 0.554. The van der Waals surface area contributed by atoms with Crippen molar-refractivity contribution in [2.24, 2.45) is 0 Å². The summed E-state index contributed by atoms with van der Waals surface area (Å²) in [5.41, 5.74) is 11.1. The maximum Gasteiger partial charge on any atom is 0.169 e. The highest BCUT2D eigenvalue weighted by Crippen LogP contribution is 2.23. The average Bonchev–Trinajstić information content (AvgIpc) is 2.96. The summed E-state index contributed by atoms with van der Waals surface area (Å²) < 4.78 is 1.91. The molecular formula is C14H18N4. The highest BCUT2D eigenvalue weighted by molar-refractivity contribution is 5.37. The normalized spacial score (nSPS) is 13.8. The van der Waals surface area contributed by atoms with Crippen molar-refractivity contribution in [2.75, 3.05) is 5.73 Å². The van der Waals surface area contributed by atoms with Crippen LogP contribution < -0.4 is 5.73 Å². The van der Waals surface area contributed by atoms with Gasteiger partial charge in [-0.15, -0.1) is 5.10 Å². The van der Waals surface area contributed by atoms with Gasteiger partial charge in [0.2, 0.25) is 0 Å². The second-order valence-electron chi connectivity index (χ2n) is 4.89. The average molecular weight is 242 g/mol. The van der Waals surface area contributed by atoms with Gasteiger partial charge in [0, 0.05) is 0 Å². The Morgan fingerprint density at radius 1 is 1.28 bits per heavy atom. The Balaban J connectivity index is 1.88. The highest BCUT2D eigenvalue weighted by Gasteiger charge is 2.12. The van der Waals surface area contributed by atoms with Crippen LogP contribution in [0.4, 0.5) is 5.82 Å². The molecule has 1 heterocycles. The third kappa shape index (κ3) is 1.88. The van der Waals surface area contributed by atoms with E-state index < -0.39 is 0 Å². The van der Waals surface area contributed by atoms with Crippen LogP contribution in [0.5, 0.6) is 0 Å². The number of hydrogen-bond acceptors (Lipinski definition) is 3. The number of aryl methyl sites for hydroxylation is 2. The van der Waals surface area contributed by atoms with Gasteiger partial charge in [0.05, 0.1) is 12.2 Å². The van der Waals surface area contributed by atoms with Gasteiger partial charge in [-0.1, -0.05) is 30.3 Å². The van der Waals surface area contributed by atoms with E-state index in [1.807, 2.05) is 4.68 Å². The molecule has 94 valence electrons. The molecule has 0 radical (unpaired) electrons. The number of hydrogen-bond donors (Lipinski definition) is 1. The molecule has 0 atom stereocenters. The number of aromatic nitrogens is 3. The molecule has 1 aromatic heterocycles. The van der Waals surface area contributed by atoms with Crippen LogP contribution in [0.3, 0.4) is 0 Å². The van der Waals surface area contributed by atoms with Crippen molar-refractivity contribution in [3.05, 3.63) is 40.6 Å². The summed E-state index contributed by atoms with van der Waals surface area (Å²) in [6, 6.07) is 6.75. The molecule has 2 aromatic rings. The summed E-state index contributed by atoms with van der Waals surface area (Å²) in [5.74, 6) is 0.554. The van der Waals surface area contributed by atoms with Gasteiger partial charge < -0.3 is 5.73 Å². The number of fused-ring (bicyclic) bond motifs is 1. The van der Waals surface area contributed by atoms with Crippen LogP contribution in [0.25, 0.3) is 0 Å². The van der Waals surface area contributed by atoms with E-state index in [9.17, 15) is 0 Å². The van der Waals surface area contributed by atoms with E-state index in [1.165, 1.54) is 36.0 Å². The first-order valence-corrected chi connectivity index (χ1v) is 6.56. The molecule has 0 spiro atoms. The molecule has 1 aliphatic carbocycles. The van der Waals surface area contributed by atoms with E-state index in [1.54, 1.807) is 0 Å². The quantitative estimate of drug-likeness (QED) is 0.895. The van der Waals surface area contributed by atoms with Crippen LogP contribution >= 0.6 is 0 Å². The first-order valence-electron chi connectivity index (χ1n) is 6.56. The molecule has 1 aliphatic rings. The third-order valence-corrected chi connectivity index (χ3v) is 3.70. The lowest BCUT2D eigenvalue weighted by atomic mass is 10.1. The zero-order chi connectivity index (χ0) is 12.5. The Labute approximate surface area is 107 Å². The molecule has 0 fully saturated rings. The molecule has 1 aromatic carbocycles. The molecule has 4 heteroatoms. The summed E-state index contributed by atoms with van der Waals surface area (Å²) in [4.78, 5) is 0. The molecule has 4 nitrogen and oxygen atoms in total. The molecule has 0 saturated heterocycles. The topological polar surface area (TPSA) is 56.7 Å². The summed E-state index contributed by atoms with van der Waals surface area (Å²) in [5, 5.41) is 8.06. The smallest absolute Gasteiger partial charge is 0.169 e. The lowest BCUT2D eigenvalue weighted by Gasteiger charge is -2.07. The highest BCUT2D eigenvalue weighted by atomic mass is 15.4. The third-order valence-electron chi connectivity index (χ3n) is 3.70. The van der Waals surface area contributed by atoms with E-state index in [-0.39, 0.29) is 0 Å². The lowest BCUT2D eigenvalue weighted by molar-refractivity contribution is 0.621. The first kappa shape index (κ1) is 11.3. The SMILES string of the molecule is CCc1c(N)nnn1Cc1ccc2c(c1)CCC2. The van der Waals surface area contributed by atoms with E-state index in [4.69, 9.17) is 5.73 Å². The van der Waals surface area contributed by atoms with Crippen LogP contribution in [-0.4, -0.2) is 15.0 Å². The van der Waals surface area contributed by atoms with Gasteiger partial charge in [0.15, 0.2) is 5.82 Å². The van der Waals surface area contributed by atoms with Crippen molar-refractivity contribution in [1.82, 2.24) is 15.0 Å². The van der Waals surface area contributed by atoms with Crippen molar-refractivity contribution in [2.45, 2.75) is 39.2 Å². The maximum absolute atomic E-state index is 5.80. The zero-order valence-corrected chi connectivity index (χ0v) is 10.7. The Hall–Kier alpha value is -1.84. The molecular weight excluding hydrogens is 224 g/mol. The van der Waals surface area contributed by atoms with E-state index in [2.05, 4.69) is 35.4 Å². The van der Waals surface area contributed by atoms with Crippen molar-refractivity contribution >= 4 is 5.82 Å². The van der Waals surface area contributed by atoms with Crippen molar-refractivity contribution < 1.29 is 0 Å². The minimum absolute atomic E-state index is 0.554. The van der Waals surface area contributed by atoms with Gasteiger partial charge in [0.1, 0.15) is 0 Å². The number of nitrogen functional groups attached to an aromatic ring is 1. The number of anilines is 1. The van der Waals surface area contributed by atoms with Crippen LogP contribution in [-0.2, 0) is 25.8 Å². The fourth-order valence-corrected chi connectivity index (χ4v) is 2.73. The van der Waals surface area contributed by atoms with Gasteiger partial charge in [-0.25, -0.2) is 4.68 Å². The molecule has 0 bridgehead atoms. The summed E-state index contributed by atoms with van der Waals surface area (Å²) in [7, 11) is 0. The number of rotatable bonds is 3. The van der Waals surface area contributed by atoms with Gasteiger partial charge in [-0.3, -0.25) is 0 Å². The van der Waals surface area contributed by atoms with Crippen molar-refractivity contribution in [3.8, 4) is 0 Å². The number of nitrogens with two attached hydrogens (primary N) is 1. The van der Waals surface area contributed by atoms with Gasteiger partial charge >= 0.3 is 0 Å². The number of benzene rings is 1. The van der Waals surface area contributed by atoms with Crippen molar-refractivity contribution in [1.29, 1.82) is 0 Å². The van der Waals surface area contributed by atoms with Gasteiger partial charge in [-0.2, -0.15) is 0 Å². The van der Waals surface area contributed by atoms with Crippen molar-refractivity contribution in [3.63, 3.8) is 0 Å². The molecule has 3 rings (SSSR count). The molecule has 0 saturated carbocycles. The second-order valence-corrected chi connectivity index (χ2v) is 4.89. The maximum atomic E-state index is 5.80. The molecule has 0 unspecified atom stereocenters. The largest absolute Gasteiger partial charge is 0.381 e. The predicted molar refractivity (Wildman–Crippen MR) is 71.4 cm³/mol. The summed E-state index contributed by atoms with van der Waals surface area (Å²) in [6.45, 7) is 2.84. The van der Waals surface area contributed by atoms with Gasteiger partial charge in [-0.05, 0) is 42.4 Å². The number of nitrogens with zero attached hydrogens (tertiary/aromatic N) is 3.